The summed E-state index contributed by atoms with van der Waals surface area (Å²) >= 11 is 10.2. The SMILES string of the molecule is CC(Cl)C(C)COP(=O)(F)ON=C(F)Cl. The second-order valence-electron chi connectivity index (χ2n) is 2.79. The summed E-state index contributed by atoms with van der Waals surface area (Å²) in [6, 6.07) is 0. The lowest BCUT2D eigenvalue weighted by Crippen LogP contribution is -2.13. The highest BCUT2D eigenvalue weighted by molar-refractivity contribution is 7.48. The van der Waals surface area contributed by atoms with Crippen molar-refractivity contribution < 1.29 is 22.3 Å². The van der Waals surface area contributed by atoms with Gasteiger partial charge in [0.1, 0.15) is 0 Å². The van der Waals surface area contributed by atoms with E-state index < -0.39 is 13.3 Å². The van der Waals surface area contributed by atoms with Crippen LogP contribution < -0.4 is 0 Å². The van der Waals surface area contributed by atoms with Gasteiger partial charge in [0.15, 0.2) is 0 Å². The Bertz CT molecular complexity index is 273. The standard InChI is InChI=1S/C6H10Cl2F2NO3P/c1-4(5(2)7)3-13-15(10,12)14-11-6(8)9/h4-5H,3H2,1-2H3. The van der Waals surface area contributed by atoms with Crippen molar-refractivity contribution in [3.05, 3.63) is 0 Å². The Morgan fingerprint density at radius 3 is 2.53 bits per heavy atom. The molecule has 0 spiro atoms. The molecule has 0 saturated heterocycles. The van der Waals surface area contributed by atoms with Crippen LogP contribution in [-0.2, 0) is 13.7 Å². The minimum absolute atomic E-state index is 0.238. The van der Waals surface area contributed by atoms with E-state index in [-0.39, 0.29) is 17.9 Å². The number of alkyl halides is 1. The Labute approximate surface area is 96.2 Å². The summed E-state index contributed by atoms with van der Waals surface area (Å²) in [4.78, 5) is 0. The molecule has 0 radical (unpaired) electrons. The van der Waals surface area contributed by atoms with Gasteiger partial charge in [0.05, 0.1) is 6.61 Å². The Kier molecular flexibility index (Phi) is 6.68. The third-order valence-corrected chi connectivity index (χ3v) is 2.72. The van der Waals surface area contributed by atoms with Crippen LogP contribution in [0.25, 0.3) is 0 Å². The van der Waals surface area contributed by atoms with Crippen LogP contribution in [-0.4, -0.2) is 17.4 Å². The summed E-state index contributed by atoms with van der Waals surface area (Å²) in [5.74, 6) is -0.246. The molecule has 0 rings (SSSR count). The molecule has 15 heavy (non-hydrogen) atoms. The highest BCUT2D eigenvalue weighted by Gasteiger charge is 2.28. The lowest BCUT2D eigenvalue weighted by molar-refractivity contribution is 0.159. The first kappa shape index (κ1) is 15.1. The fourth-order valence-electron chi connectivity index (χ4n) is 0.442. The number of hydrogen-bond acceptors (Lipinski definition) is 4. The second kappa shape index (κ2) is 6.63. The summed E-state index contributed by atoms with van der Waals surface area (Å²) in [6.45, 7) is 3.08. The highest BCUT2D eigenvalue weighted by atomic mass is 35.5. The molecule has 0 aromatic heterocycles. The average Bonchev–Trinajstić information content (AvgIpc) is 2.11. The molecule has 0 aliphatic rings. The third kappa shape index (κ3) is 7.96. The largest absolute Gasteiger partial charge is 0.590 e. The fourth-order valence-corrected chi connectivity index (χ4v) is 1.23. The Hall–Kier alpha value is 0.1000. The molecule has 0 bridgehead atoms. The third-order valence-electron chi connectivity index (χ3n) is 1.48. The monoisotopic (exact) mass is 283 g/mol. The number of oxime groups is 1. The molecule has 0 aromatic rings. The second-order valence-corrected chi connectivity index (χ2v) is 5.08. The Balaban J connectivity index is 4.05. The van der Waals surface area contributed by atoms with Crippen LogP contribution in [0.2, 0.25) is 0 Å². The van der Waals surface area contributed by atoms with Crippen LogP contribution >= 0.6 is 31.1 Å². The summed E-state index contributed by atoms with van der Waals surface area (Å²) in [7, 11) is -4.91. The molecule has 0 aromatic carbocycles. The van der Waals surface area contributed by atoms with E-state index in [0.717, 1.165) is 0 Å². The predicted octanol–water partition coefficient (Wildman–Crippen LogP) is 3.84. The van der Waals surface area contributed by atoms with Gasteiger partial charge in [-0.2, -0.15) is 4.39 Å². The van der Waals surface area contributed by atoms with Crippen molar-refractivity contribution in [3.8, 4) is 0 Å². The summed E-state index contributed by atoms with van der Waals surface area (Å²) in [6.07, 6.45) is 0. The van der Waals surface area contributed by atoms with Crippen molar-refractivity contribution in [2.24, 2.45) is 11.1 Å². The lowest BCUT2D eigenvalue weighted by atomic mass is 10.1. The molecule has 3 unspecified atom stereocenters. The van der Waals surface area contributed by atoms with Crippen molar-refractivity contribution >= 4 is 36.5 Å². The minimum atomic E-state index is -4.91. The molecular weight excluding hydrogens is 274 g/mol. The van der Waals surface area contributed by atoms with Gasteiger partial charge in [-0.05, 0) is 29.6 Å². The van der Waals surface area contributed by atoms with E-state index in [9.17, 15) is 13.2 Å². The summed E-state index contributed by atoms with van der Waals surface area (Å²) < 4.78 is 43.2. The maximum absolute atomic E-state index is 12.8. The molecular formula is C6H10Cl2F2NO3P. The van der Waals surface area contributed by atoms with Crippen LogP contribution in [0, 0.1) is 5.92 Å². The molecule has 90 valence electrons. The zero-order chi connectivity index (χ0) is 12.1. The number of rotatable bonds is 6. The first-order valence-electron chi connectivity index (χ1n) is 3.90. The van der Waals surface area contributed by atoms with E-state index in [1.54, 1.807) is 13.8 Å². The summed E-state index contributed by atoms with van der Waals surface area (Å²) in [5, 5.41) is 2.05. The molecule has 0 aliphatic carbocycles. The normalized spacial score (nSPS) is 20.5. The van der Waals surface area contributed by atoms with Crippen LogP contribution in [0.3, 0.4) is 0 Å². The van der Waals surface area contributed by atoms with E-state index in [1.807, 2.05) is 0 Å². The van der Waals surface area contributed by atoms with Crippen molar-refractivity contribution in [2.45, 2.75) is 19.2 Å². The number of hydrogen-bond donors (Lipinski definition) is 0. The Morgan fingerprint density at radius 2 is 2.13 bits per heavy atom. The van der Waals surface area contributed by atoms with Gasteiger partial charge in [-0.1, -0.05) is 6.92 Å². The lowest BCUT2D eigenvalue weighted by Gasteiger charge is -2.14. The van der Waals surface area contributed by atoms with E-state index in [2.05, 4.69) is 25.9 Å². The van der Waals surface area contributed by atoms with Gasteiger partial charge in [0, 0.05) is 5.38 Å². The van der Waals surface area contributed by atoms with Crippen molar-refractivity contribution in [1.82, 2.24) is 0 Å². The fraction of sp³-hybridized carbons (Fsp3) is 0.833. The first-order chi connectivity index (χ1) is 6.74. The topological polar surface area (TPSA) is 47.9 Å². The highest BCUT2D eigenvalue weighted by Crippen LogP contribution is 2.50. The van der Waals surface area contributed by atoms with E-state index in [4.69, 9.17) is 11.6 Å². The molecule has 0 heterocycles. The van der Waals surface area contributed by atoms with Crippen molar-refractivity contribution in [1.29, 1.82) is 0 Å². The van der Waals surface area contributed by atoms with Gasteiger partial charge in [-0.15, -0.1) is 15.8 Å². The van der Waals surface area contributed by atoms with E-state index in [1.165, 1.54) is 0 Å². The van der Waals surface area contributed by atoms with Crippen LogP contribution in [0.1, 0.15) is 13.8 Å². The van der Waals surface area contributed by atoms with E-state index in [0.29, 0.717) is 0 Å². The van der Waals surface area contributed by atoms with Gasteiger partial charge in [-0.25, -0.2) is 4.57 Å². The Morgan fingerprint density at radius 1 is 1.60 bits per heavy atom. The molecule has 3 atom stereocenters. The molecule has 0 N–H and O–H groups in total. The van der Waals surface area contributed by atoms with Gasteiger partial charge < -0.3 is 0 Å². The molecule has 0 saturated carbocycles. The van der Waals surface area contributed by atoms with Crippen molar-refractivity contribution in [2.75, 3.05) is 6.61 Å². The molecule has 0 aliphatic heterocycles. The van der Waals surface area contributed by atoms with E-state index >= 15 is 0 Å². The van der Waals surface area contributed by atoms with Crippen molar-refractivity contribution in [3.63, 3.8) is 0 Å². The zero-order valence-corrected chi connectivity index (χ0v) is 10.4. The average molecular weight is 284 g/mol. The number of nitrogens with zero attached hydrogens (tertiary/aromatic N) is 1. The van der Waals surface area contributed by atoms with Crippen LogP contribution in [0.15, 0.2) is 5.16 Å². The summed E-state index contributed by atoms with van der Waals surface area (Å²) in [5.41, 5.74) is -1.57. The first-order valence-corrected chi connectivity index (χ1v) is 6.15. The van der Waals surface area contributed by atoms with Gasteiger partial charge in [0.2, 0.25) is 0 Å². The van der Waals surface area contributed by atoms with Gasteiger partial charge in [-0.3, -0.25) is 9.15 Å². The number of halogens is 4. The molecule has 0 amide bonds. The van der Waals surface area contributed by atoms with Gasteiger partial charge >= 0.3 is 13.3 Å². The predicted molar refractivity (Wildman–Crippen MR) is 54.6 cm³/mol. The minimum Gasteiger partial charge on any atom is -0.285 e. The molecule has 4 nitrogen and oxygen atoms in total. The maximum atomic E-state index is 12.8. The zero-order valence-electron chi connectivity index (χ0n) is 7.99. The molecule has 0 fully saturated rings. The maximum Gasteiger partial charge on any atom is 0.590 e. The van der Waals surface area contributed by atoms with Crippen LogP contribution in [0.4, 0.5) is 8.59 Å². The smallest absolute Gasteiger partial charge is 0.285 e. The molecule has 9 heteroatoms. The van der Waals surface area contributed by atoms with Crippen LogP contribution in [0.5, 0.6) is 0 Å². The quantitative estimate of drug-likeness (QED) is 0.322. The van der Waals surface area contributed by atoms with Gasteiger partial charge in [0.25, 0.3) is 0 Å².